The van der Waals surface area contributed by atoms with Gasteiger partial charge in [-0.25, -0.2) is 9.78 Å². The molecule has 1 heterocycles. The van der Waals surface area contributed by atoms with Crippen molar-refractivity contribution in [3.63, 3.8) is 0 Å². The highest BCUT2D eigenvalue weighted by atomic mass is 19.1. The van der Waals surface area contributed by atoms with Gasteiger partial charge in [0.05, 0.1) is 12.7 Å². The van der Waals surface area contributed by atoms with Crippen LogP contribution in [0.15, 0.2) is 36.5 Å². The lowest BCUT2D eigenvalue weighted by atomic mass is 10.1. The van der Waals surface area contributed by atoms with Crippen molar-refractivity contribution < 1.29 is 18.7 Å². The number of halogens is 1. The Morgan fingerprint density at radius 3 is 2.62 bits per heavy atom. The fourth-order valence-electron chi connectivity index (χ4n) is 1.74. The van der Waals surface area contributed by atoms with Gasteiger partial charge in [-0.2, -0.15) is 4.39 Å². The number of carbonyl (C=O) groups excluding carboxylic acids is 2. The molecule has 1 N–H and O–H groups in total. The number of anilines is 1. The van der Waals surface area contributed by atoms with E-state index in [4.69, 9.17) is 0 Å². The van der Waals surface area contributed by atoms with E-state index >= 15 is 0 Å². The predicted molar refractivity (Wildman–Crippen MR) is 74.7 cm³/mol. The lowest BCUT2D eigenvalue weighted by molar-refractivity contribution is 0.0600. The van der Waals surface area contributed by atoms with Gasteiger partial charge < -0.3 is 10.1 Å². The summed E-state index contributed by atoms with van der Waals surface area (Å²) in [6.07, 6.45) is 1.21. The average molecular weight is 288 g/mol. The largest absolute Gasteiger partial charge is 0.465 e. The number of nitrogens with one attached hydrogen (secondary N) is 1. The maximum Gasteiger partial charge on any atom is 0.337 e. The number of amides is 1. The first-order valence-electron chi connectivity index (χ1n) is 6.13. The van der Waals surface area contributed by atoms with Crippen molar-refractivity contribution in [3.8, 4) is 0 Å². The molecular weight excluding hydrogens is 275 g/mol. The first kappa shape index (κ1) is 14.6. The van der Waals surface area contributed by atoms with Crippen LogP contribution in [0.1, 0.15) is 26.3 Å². The van der Waals surface area contributed by atoms with Crippen LogP contribution in [-0.4, -0.2) is 24.0 Å². The number of aryl methyl sites for hydroxylation is 1. The second-order valence-corrected chi connectivity index (χ2v) is 4.34. The summed E-state index contributed by atoms with van der Waals surface area (Å²) < 4.78 is 17.6. The molecule has 0 saturated heterocycles. The summed E-state index contributed by atoms with van der Waals surface area (Å²) >= 11 is 0. The van der Waals surface area contributed by atoms with Gasteiger partial charge in [0.1, 0.15) is 0 Å². The van der Waals surface area contributed by atoms with Gasteiger partial charge in [-0.05, 0) is 30.7 Å². The SMILES string of the molecule is COC(=O)c1ccc(C)c(NC(=O)c2ccnc(F)c2)c1. The van der Waals surface area contributed by atoms with E-state index in [1.165, 1.54) is 25.4 Å². The topological polar surface area (TPSA) is 68.3 Å². The maximum atomic E-state index is 13.0. The van der Waals surface area contributed by atoms with E-state index in [1.54, 1.807) is 19.1 Å². The summed E-state index contributed by atoms with van der Waals surface area (Å²) in [6.45, 7) is 1.78. The number of hydrogen-bond donors (Lipinski definition) is 1. The zero-order valence-corrected chi connectivity index (χ0v) is 11.5. The van der Waals surface area contributed by atoms with Gasteiger partial charge in [0.2, 0.25) is 5.95 Å². The van der Waals surface area contributed by atoms with Crippen molar-refractivity contribution in [2.45, 2.75) is 6.92 Å². The van der Waals surface area contributed by atoms with Gasteiger partial charge in [0.15, 0.2) is 0 Å². The number of methoxy groups -OCH3 is 1. The van der Waals surface area contributed by atoms with Crippen molar-refractivity contribution >= 4 is 17.6 Å². The maximum absolute atomic E-state index is 13.0. The summed E-state index contributed by atoms with van der Waals surface area (Å²) in [5, 5.41) is 2.63. The van der Waals surface area contributed by atoms with Crippen LogP contribution in [0.25, 0.3) is 0 Å². The predicted octanol–water partition coefficient (Wildman–Crippen LogP) is 2.57. The highest BCUT2D eigenvalue weighted by Gasteiger charge is 2.12. The van der Waals surface area contributed by atoms with Gasteiger partial charge in [-0.1, -0.05) is 6.07 Å². The standard InChI is InChI=1S/C15H13FN2O3/c1-9-3-4-11(15(20)21-2)7-12(9)18-14(19)10-5-6-17-13(16)8-10/h3-8H,1-2H3,(H,18,19). The number of rotatable bonds is 3. The lowest BCUT2D eigenvalue weighted by Gasteiger charge is -2.10. The van der Waals surface area contributed by atoms with Gasteiger partial charge in [-0.3, -0.25) is 4.79 Å². The summed E-state index contributed by atoms with van der Waals surface area (Å²) in [6, 6.07) is 7.24. The van der Waals surface area contributed by atoms with E-state index in [0.717, 1.165) is 11.6 Å². The number of hydrogen-bond acceptors (Lipinski definition) is 4. The summed E-state index contributed by atoms with van der Waals surface area (Å²) in [4.78, 5) is 26.9. The third-order valence-corrected chi connectivity index (χ3v) is 2.90. The van der Waals surface area contributed by atoms with Crippen LogP contribution < -0.4 is 5.32 Å². The van der Waals surface area contributed by atoms with Crippen LogP contribution in [0.4, 0.5) is 10.1 Å². The molecule has 5 nitrogen and oxygen atoms in total. The Morgan fingerprint density at radius 1 is 1.19 bits per heavy atom. The normalized spacial score (nSPS) is 10.0. The Kier molecular flexibility index (Phi) is 4.27. The van der Waals surface area contributed by atoms with Crippen LogP contribution in [0.5, 0.6) is 0 Å². The van der Waals surface area contributed by atoms with Gasteiger partial charge in [0.25, 0.3) is 5.91 Å². The molecule has 0 radical (unpaired) electrons. The third kappa shape index (κ3) is 3.42. The molecule has 0 unspecified atom stereocenters. The van der Waals surface area contributed by atoms with Crippen molar-refractivity contribution in [2.75, 3.05) is 12.4 Å². The molecule has 0 saturated carbocycles. The quantitative estimate of drug-likeness (QED) is 0.696. The summed E-state index contributed by atoms with van der Waals surface area (Å²) in [7, 11) is 1.28. The first-order valence-corrected chi connectivity index (χ1v) is 6.13. The Morgan fingerprint density at radius 2 is 1.95 bits per heavy atom. The Hall–Kier alpha value is -2.76. The molecule has 2 aromatic rings. The zero-order valence-electron chi connectivity index (χ0n) is 11.5. The molecule has 108 valence electrons. The molecule has 0 aliphatic carbocycles. The number of ether oxygens (including phenoxy) is 1. The third-order valence-electron chi connectivity index (χ3n) is 2.90. The van der Waals surface area contributed by atoms with E-state index in [9.17, 15) is 14.0 Å². The Balaban J connectivity index is 2.26. The molecule has 2 rings (SSSR count). The number of benzene rings is 1. The Labute approximate surface area is 120 Å². The second kappa shape index (κ2) is 6.13. The highest BCUT2D eigenvalue weighted by molar-refractivity contribution is 6.05. The zero-order chi connectivity index (χ0) is 15.4. The number of aromatic nitrogens is 1. The molecule has 1 aromatic heterocycles. The van der Waals surface area contributed by atoms with Crippen molar-refractivity contribution in [3.05, 3.63) is 59.2 Å². The fourth-order valence-corrected chi connectivity index (χ4v) is 1.74. The van der Waals surface area contributed by atoms with E-state index in [-0.39, 0.29) is 5.56 Å². The molecule has 0 atom stereocenters. The molecule has 0 fully saturated rings. The molecule has 1 aromatic carbocycles. The van der Waals surface area contributed by atoms with Crippen molar-refractivity contribution in [2.24, 2.45) is 0 Å². The number of pyridine rings is 1. The number of nitrogens with zero attached hydrogens (tertiary/aromatic N) is 1. The molecule has 6 heteroatoms. The van der Waals surface area contributed by atoms with Crippen LogP contribution >= 0.6 is 0 Å². The highest BCUT2D eigenvalue weighted by Crippen LogP contribution is 2.18. The van der Waals surface area contributed by atoms with Gasteiger partial charge >= 0.3 is 5.97 Å². The molecular formula is C15H13FN2O3. The minimum atomic E-state index is -0.734. The molecule has 0 aliphatic heterocycles. The molecule has 21 heavy (non-hydrogen) atoms. The van der Waals surface area contributed by atoms with E-state index in [1.807, 2.05) is 0 Å². The first-order chi connectivity index (χ1) is 10.0. The summed E-state index contributed by atoms with van der Waals surface area (Å²) in [5.74, 6) is -1.72. The van der Waals surface area contributed by atoms with E-state index < -0.39 is 17.8 Å². The fraction of sp³-hybridized carbons (Fsp3) is 0.133. The van der Waals surface area contributed by atoms with Gasteiger partial charge in [-0.15, -0.1) is 0 Å². The van der Waals surface area contributed by atoms with Crippen LogP contribution in [0.3, 0.4) is 0 Å². The minimum absolute atomic E-state index is 0.144. The van der Waals surface area contributed by atoms with E-state index in [2.05, 4.69) is 15.0 Å². The molecule has 0 bridgehead atoms. The lowest BCUT2D eigenvalue weighted by Crippen LogP contribution is -2.14. The molecule has 0 spiro atoms. The van der Waals surface area contributed by atoms with Crippen molar-refractivity contribution in [1.82, 2.24) is 4.98 Å². The second-order valence-electron chi connectivity index (χ2n) is 4.34. The number of carbonyl (C=O) groups is 2. The number of esters is 1. The monoisotopic (exact) mass is 288 g/mol. The summed E-state index contributed by atoms with van der Waals surface area (Å²) in [5.41, 5.74) is 1.69. The average Bonchev–Trinajstić information content (AvgIpc) is 2.48. The van der Waals surface area contributed by atoms with Gasteiger partial charge in [0, 0.05) is 23.5 Å². The van der Waals surface area contributed by atoms with Crippen LogP contribution in [-0.2, 0) is 4.74 Å². The van der Waals surface area contributed by atoms with Crippen molar-refractivity contribution in [1.29, 1.82) is 0 Å². The molecule has 1 amide bonds. The smallest absolute Gasteiger partial charge is 0.337 e. The van der Waals surface area contributed by atoms with E-state index in [0.29, 0.717) is 11.3 Å². The minimum Gasteiger partial charge on any atom is -0.465 e. The molecule has 0 aliphatic rings. The Bertz CT molecular complexity index is 701. The van der Waals surface area contributed by atoms with Crippen LogP contribution in [0, 0.1) is 12.9 Å². The van der Waals surface area contributed by atoms with Crippen LogP contribution in [0.2, 0.25) is 0 Å².